The van der Waals surface area contributed by atoms with Gasteiger partial charge in [-0.2, -0.15) is 0 Å². The van der Waals surface area contributed by atoms with Crippen molar-refractivity contribution in [1.29, 1.82) is 0 Å². The molecule has 0 spiro atoms. The maximum Gasteiger partial charge on any atom is 0.189 e. The van der Waals surface area contributed by atoms with E-state index in [1.165, 1.54) is 48.5 Å². The number of halogens is 4. The Hall–Kier alpha value is -1.91. The zero-order valence-corrected chi connectivity index (χ0v) is 23.0. The van der Waals surface area contributed by atoms with Crippen molar-refractivity contribution in [2.45, 2.75) is 30.4 Å². The second-order valence-corrected chi connectivity index (χ2v) is 11.8. The van der Waals surface area contributed by atoms with Crippen molar-refractivity contribution in [3.05, 3.63) is 87.5 Å². The van der Waals surface area contributed by atoms with Gasteiger partial charge in [-0.3, -0.25) is 0 Å². The first-order valence-electron chi connectivity index (χ1n) is 11.4. The minimum atomic E-state index is -4.27. The third kappa shape index (κ3) is 7.10. The molecule has 0 aliphatic rings. The molecule has 0 saturated carbocycles. The molecule has 5 nitrogen and oxygen atoms in total. The van der Waals surface area contributed by atoms with Gasteiger partial charge in [0.05, 0.1) is 9.92 Å². The van der Waals surface area contributed by atoms with Crippen molar-refractivity contribution in [3.8, 4) is 0 Å². The predicted molar refractivity (Wildman–Crippen MR) is 145 cm³/mol. The van der Waals surface area contributed by atoms with E-state index < -0.39 is 26.7 Å². The van der Waals surface area contributed by atoms with E-state index in [0.717, 1.165) is 50.0 Å². The second kappa shape index (κ2) is 13.1. The molecular formula is C25H27Cl2F2N3O2S2. The fourth-order valence-electron chi connectivity index (χ4n) is 3.73. The van der Waals surface area contributed by atoms with Gasteiger partial charge >= 0.3 is 0 Å². The summed E-state index contributed by atoms with van der Waals surface area (Å²) in [6.45, 7) is 7.05. The van der Waals surface area contributed by atoms with Gasteiger partial charge in [0.25, 0.3) is 0 Å². The quantitative estimate of drug-likeness (QED) is 0.185. The van der Waals surface area contributed by atoms with Crippen molar-refractivity contribution < 1.29 is 17.2 Å². The van der Waals surface area contributed by atoms with Crippen LogP contribution < -0.4 is 4.72 Å². The molecule has 0 bridgehead atoms. The standard InChI is InChI=1S/C25H27Cl2F2N3O2S2/c1-3-11-32(4-2)12-13-35-31-24-15-20(22(27)16-30-24)25(21-14-18(28)7-10-23(21)29)36(33,34)19-8-5-17(26)6-9-19/h5-10,14-16,25H,3-4,11-13H2,1-2H3,(H,30,31). The number of hydrogen-bond acceptors (Lipinski definition) is 6. The fourth-order valence-corrected chi connectivity index (χ4v) is 6.68. The molecule has 0 radical (unpaired) electrons. The lowest BCUT2D eigenvalue weighted by molar-refractivity contribution is 0.307. The highest BCUT2D eigenvalue weighted by molar-refractivity contribution is 8.00. The van der Waals surface area contributed by atoms with Crippen molar-refractivity contribution in [2.24, 2.45) is 0 Å². The number of nitrogens with one attached hydrogen (secondary N) is 1. The van der Waals surface area contributed by atoms with E-state index in [4.69, 9.17) is 23.2 Å². The molecule has 0 aliphatic heterocycles. The molecule has 194 valence electrons. The summed E-state index contributed by atoms with van der Waals surface area (Å²) in [4.78, 5) is 6.45. The summed E-state index contributed by atoms with van der Waals surface area (Å²) >= 11 is 13.7. The lowest BCUT2D eigenvalue weighted by Gasteiger charge is -2.22. The fraction of sp³-hybridized carbons (Fsp3) is 0.320. The van der Waals surface area contributed by atoms with Crippen LogP contribution >= 0.6 is 35.1 Å². The number of hydrogen-bond donors (Lipinski definition) is 1. The van der Waals surface area contributed by atoms with E-state index in [1.807, 2.05) is 0 Å². The Morgan fingerprint density at radius 2 is 1.75 bits per heavy atom. The zero-order chi connectivity index (χ0) is 26.3. The maximum atomic E-state index is 14.9. The molecule has 3 aromatic rings. The van der Waals surface area contributed by atoms with E-state index in [-0.39, 0.29) is 21.0 Å². The molecule has 1 unspecified atom stereocenters. The monoisotopic (exact) mass is 573 g/mol. The van der Waals surface area contributed by atoms with Crippen LogP contribution in [0.5, 0.6) is 0 Å². The number of nitrogens with zero attached hydrogens (tertiary/aromatic N) is 2. The van der Waals surface area contributed by atoms with Crippen LogP contribution in [0.3, 0.4) is 0 Å². The van der Waals surface area contributed by atoms with Gasteiger partial charge in [0, 0.05) is 29.1 Å². The van der Waals surface area contributed by atoms with Gasteiger partial charge in [-0.05, 0) is 73.6 Å². The van der Waals surface area contributed by atoms with E-state index in [0.29, 0.717) is 10.8 Å². The zero-order valence-electron chi connectivity index (χ0n) is 19.8. The van der Waals surface area contributed by atoms with Gasteiger partial charge in [-0.15, -0.1) is 0 Å². The Morgan fingerprint density at radius 3 is 2.42 bits per heavy atom. The van der Waals surface area contributed by atoms with E-state index >= 15 is 0 Å². The molecule has 1 aromatic heterocycles. The highest BCUT2D eigenvalue weighted by Gasteiger charge is 2.35. The van der Waals surface area contributed by atoms with Gasteiger partial charge in [-0.25, -0.2) is 22.2 Å². The number of aromatic nitrogens is 1. The van der Waals surface area contributed by atoms with E-state index in [9.17, 15) is 17.2 Å². The van der Waals surface area contributed by atoms with E-state index in [1.54, 1.807) is 0 Å². The lowest BCUT2D eigenvalue weighted by Crippen LogP contribution is -2.26. The molecule has 1 atom stereocenters. The molecule has 0 amide bonds. The van der Waals surface area contributed by atoms with Crippen molar-refractivity contribution in [3.63, 3.8) is 0 Å². The molecule has 0 aliphatic carbocycles. The van der Waals surface area contributed by atoms with Crippen LogP contribution in [0.4, 0.5) is 14.6 Å². The maximum absolute atomic E-state index is 14.9. The predicted octanol–water partition coefficient (Wildman–Crippen LogP) is 7.02. The molecule has 3 rings (SSSR count). The van der Waals surface area contributed by atoms with Gasteiger partial charge in [0.1, 0.15) is 22.7 Å². The number of sulfone groups is 1. The van der Waals surface area contributed by atoms with E-state index in [2.05, 4.69) is 28.5 Å². The largest absolute Gasteiger partial charge is 0.314 e. The average Bonchev–Trinajstić information content (AvgIpc) is 2.85. The van der Waals surface area contributed by atoms with Gasteiger partial charge in [0.15, 0.2) is 9.84 Å². The third-order valence-corrected chi connectivity index (χ3v) is 8.90. The minimum absolute atomic E-state index is 0.0110. The number of rotatable bonds is 12. The SMILES string of the molecule is CCCN(CC)CCSNc1cc(C(c2cc(F)ccc2F)S(=O)(=O)c2ccc(Cl)cc2)c(Cl)cn1. The Bertz CT molecular complexity index is 1280. The summed E-state index contributed by atoms with van der Waals surface area (Å²) in [5.74, 6) is -0.523. The highest BCUT2D eigenvalue weighted by atomic mass is 35.5. The Kier molecular flexibility index (Phi) is 10.4. The summed E-state index contributed by atoms with van der Waals surface area (Å²) in [5, 5.41) is -1.26. The van der Waals surface area contributed by atoms with Gasteiger partial charge < -0.3 is 9.62 Å². The molecule has 0 fully saturated rings. The number of pyridine rings is 1. The van der Waals surface area contributed by atoms with Crippen LogP contribution in [-0.2, 0) is 9.84 Å². The van der Waals surface area contributed by atoms with Crippen molar-refractivity contribution >= 4 is 50.8 Å². The lowest BCUT2D eigenvalue weighted by atomic mass is 10.0. The highest BCUT2D eigenvalue weighted by Crippen LogP contribution is 2.40. The average molecular weight is 575 g/mol. The Morgan fingerprint density at radius 1 is 1.03 bits per heavy atom. The first kappa shape index (κ1) is 28.7. The molecular weight excluding hydrogens is 547 g/mol. The normalized spacial score (nSPS) is 12.6. The van der Waals surface area contributed by atoms with Crippen LogP contribution in [-0.4, -0.2) is 43.7 Å². The van der Waals surface area contributed by atoms with Crippen LogP contribution in [0.2, 0.25) is 10.0 Å². The number of anilines is 1. The molecule has 2 aromatic carbocycles. The summed E-state index contributed by atoms with van der Waals surface area (Å²) in [6, 6.07) is 9.65. The topological polar surface area (TPSA) is 62.3 Å². The smallest absolute Gasteiger partial charge is 0.189 e. The van der Waals surface area contributed by atoms with Gasteiger partial charge in [-0.1, -0.05) is 49.0 Å². The Labute approximate surface area is 225 Å². The van der Waals surface area contributed by atoms with Crippen molar-refractivity contribution in [2.75, 3.05) is 30.1 Å². The molecule has 1 heterocycles. The van der Waals surface area contributed by atoms with Crippen LogP contribution in [0, 0.1) is 11.6 Å². The molecule has 11 heteroatoms. The summed E-state index contributed by atoms with van der Waals surface area (Å²) < 4.78 is 59.7. The summed E-state index contributed by atoms with van der Waals surface area (Å²) in [5.41, 5.74) is -0.273. The van der Waals surface area contributed by atoms with Crippen LogP contribution in [0.25, 0.3) is 0 Å². The third-order valence-electron chi connectivity index (χ3n) is 5.53. The second-order valence-electron chi connectivity index (χ2n) is 8.02. The summed E-state index contributed by atoms with van der Waals surface area (Å²) in [7, 11) is -4.27. The Balaban J connectivity index is 1.99. The molecule has 36 heavy (non-hydrogen) atoms. The van der Waals surface area contributed by atoms with Crippen LogP contribution in [0.15, 0.2) is 59.6 Å². The van der Waals surface area contributed by atoms with Crippen LogP contribution in [0.1, 0.15) is 36.6 Å². The molecule has 0 saturated heterocycles. The van der Waals surface area contributed by atoms with Gasteiger partial charge in [0.2, 0.25) is 0 Å². The first-order chi connectivity index (χ1) is 17.2. The number of benzene rings is 2. The molecule has 1 N–H and O–H groups in total. The summed E-state index contributed by atoms with van der Waals surface area (Å²) in [6.07, 6.45) is 2.37. The minimum Gasteiger partial charge on any atom is -0.314 e. The van der Waals surface area contributed by atoms with Crippen molar-refractivity contribution in [1.82, 2.24) is 9.88 Å². The first-order valence-corrected chi connectivity index (χ1v) is 14.7.